The summed E-state index contributed by atoms with van der Waals surface area (Å²) >= 11 is 5.68. The summed E-state index contributed by atoms with van der Waals surface area (Å²) in [5.74, 6) is -0.0399. The van der Waals surface area contributed by atoms with Gasteiger partial charge in [0, 0.05) is 18.7 Å². The number of fused-ring (bicyclic) bond motifs is 1. The van der Waals surface area contributed by atoms with E-state index in [9.17, 15) is 9.18 Å². The fourth-order valence-electron chi connectivity index (χ4n) is 3.20. The number of rotatable bonds is 4. The Kier molecular flexibility index (Phi) is 4.96. The Bertz CT molecular complexity index is 1010. The van der Waals surface area contributed by atoms with Crippen LogP contribution in [0.1, 0.15) is 16.2 Å². The third-order valence-electron chi connectivity index (χ3n) is 4.59. The molecule has 7 heteroatoms. The lowest BCUT2D eigenvalue weighted by Crippen LogP contribution is -2.41. The number of carbonyl (C=O) groups excluding carboxylic acids is 1. The molecular formula is C20H18FN3O2S. The van der Waals surface area contributed by atoms with Gasteiger partial charge in [0.15, 0.2) is 11.6 Å². The highest BCUT2D eigenvalue weighted by molar-refractivity contribution is 7.80. The summed E-state index contributed by atoms with van der Waals surface area (Å²) < 4.78 is 20.7. The van der Waals surface area contributed by atoms with E-state index in [4.69, 9.17) is 17.0 Å². The Morgan fingerprint density at radius 2 is 1.93 bits per heavy atom. The monoisotopic (exact) mass is 383 g/mol. The average Bonchev–Trinajstić information content (AvgIpc) is 3.06. The molecular weight excluding hydrogens is 365 g/mol. The molecule has 0 radical (unpaired) electrons. The highest BCUT2D eigenvalue weighted by atomic mass is 32.1. The lowest BCUT2D eigenvalue weighted by atomic mass is 10.1. The SMILES string of the molecule is O=C(Cn1c(C(=S)N2CCOCC2)nc2ccccc21)c1cccc(F)c1. The fraction of sp³-hybridized carbons (Fsp3) is 0.250. The number of hydrogen-bond donors (Lipinski definition) is 0. The molecule has 1 aliphatic rings. The number of thiocarbonyl (C=S) groups is 1. The second-order valence-corrected chi connectivity index (χ2v) is 6.74. The van der Waals surface area contributed by atoms with E-state index in [1.807, 2.05) is 33.7 Å². The van der Waals surface area contributed by atoms with Crippen molar-refractivity contribution in [3.8, 4) is 0 Å². The van der Waals surface area contributed by atoms with Crippen LogP contribution >= 0.6 is 12.2 Å². The minimum absolute atomic E-state index is 0.0454. The summed E-state index contributed by atoms with van der Waals surface area (Å²) in [5.41, 5.74) is 1.93. The Labute approximate surface area is 161 Å². The highest BCUT2D eigenvalue weighted by Crippen LogP contribution is 2.20. The predicted molar refractivity (Wildman–Crippen MR) is 105 cm³/mol. The van der Waals surface area contributed by atoms with Gasteiger partial charge in [0.25, 0.3) is 0 Å². The minimum atomic E-state index is -0.430. The first-order valence-corrected chi connectivity index (χ1v) is 9.15. The van der Waals surface area contributed by atoms with Crippen LogP contribution < -0.4 is 0 Å². The quantitative estimate of drug-likeness (QED) is 0.512. The number of nitrogens with zero attached hydrogens (tertiary/aromatic N) is 3. The van der Waals surface area contributed by atoms with E-state index in [0.717, 1.165) is 11.0 Å². The van der Waals surface area contributed by atoms with Gasteiger partial charge in [-0.15, -0.1) is 0 Å². The molecule has 0 saturated carbocycles. The molecule has 138 valence electrons. The smallest absolute Gasteiger partial charge is 0.182 e. The molecule has 1 saturated heterocycles. The number of ketones is 1. The van der Waals surface area contributed by atoms with Crippen molar-refractivity contribution >= 4 is 34.0 Å². The molecule has 1 aromatic heterocycles. The zero-order valence-corrected chi connectivity index (χ0v) is 15.4. The highest BCUT2D eigenvalue weighted by Gasteiger charge is 2.22. The standard InChI is InChI=1S/C20H18FN3O2S/c21-15-5-3-4-14(12-15)18(25)13-24-17-7-2-1-6-16(17)22-19(24)20(27)23-8-10-26-11-9-23/h1-7,12H,8-11,13H2. The summed E-state index contributed by atoms with van der Waals surface area (Å²) in [5, 5.41) is 0. The topological polar surface area (TPSA) is 47.4 Å². The van der Waals surface area contributed by atoms with Crippen molar-refractivity contribution in [3.05, 3.63) is 65.7 Å². The van der Waals surface area contributed by atoms with Crippen LogP contribution in [0.15, 0.2) is 48.5 Å². The first-order valence-electron chi connectivity index (χ1n) is 8.74. The van der Waals surface area contributed by atoms with Gasteiger partial charge in [0.05, 0.1) is 30.8 Å². The third-order valence-corrected chi connectivity index (χ3v) is 5.03. The third kappa shape index (κ3) is 3.61. The number of para-hydroxylation sites is 2. The fourth-order valence-corrected chi connectivity index (χ4v) is 3.54. The lowest BCUT2D eigenvalue weighted by Gasteiger charge is -2.28. The van der Waals surface area contributed by atoms with Crippen molar-refractivity contribution in [1.29, 1.82) is 0 Å². The molecule has 3 aromatic rings. The van der Waals surface area contributed by atoms with Gasteiger partial charge < -0.3 is 14.2 Å². The van der Waals surface area contributed by atoms with Crippen molar-refractivity contribution in [2.45, 2.75) is 6.54 Å². The number of benzene rings is 2. The van der Waals surface area contributed by atoms with Crippen LogP contribution in [0.2, 0.25) is 0 Å². The summed E-state index contributed by atoms with van der Waals surface area (Å²) in [7, 11) is 0. The normalized spacial score (nSPS) is 14.5. The first kappa shape index (κ1) is 17.8. The maximum Gasteiger partial charge on any atom is 0.182 e. The molecule has 1 aliphatic heterocycles. The molecule has 4 rings (SSSR count). The van der Waals surface area contributed by atoms with Gasteiger partial charge in [-0.1, -0.05) is 36.5 Å². The first-order chi connectivity index (χ1) is 13.1. The van der Waals surface area contributed by atoms with Gasteiger partial charge in [-0.3, -0.25) is 4.79 Å². The second-order valence-electron chi connectivity index (χ2n) is 6.35. The van der Waals surface area contributed by atoms with Crippen molar-refractivity contribution in [3.63, 3.8) is 0 Å². The number of imidazole rings is 1. The number of Topliss-reactive ketones (excluding diaryl/α,β-unsaturated/α-hetero) is 1. The van der Waals surface area contributed by atoms with E-state index in [1.165, 1.54) is 18.2 Å². The van der Waals surface area contributed by atoms with Gasteiger partial charge in [-0.2, -0.15) is 0 Å². The van der Waals surface area contributed by atoms with Crippen molar-refractivity contribution in [2.24, 2.45) is 0 Å². The van der Waals surface area contributed by atoms with Gasteiger partial charge in [-0.05, 0) is 24.3 Å². The number of hydrogen-bond acceptors (Lipinski definition) is 4. The van der Waals surface area contributed by atoms with E-state index < -0.39 is 5.82 Å². The molecule has 27 heavy (non-hydrogen) atoms. The number of morpholine rings is 1. The number of halogens is 1. The van der Waals surface area contributed by atoms with E-state index in [0.29, 0.717) is 42.7 Å². The van der Waals surface area contributed by atoms with E-state index in [1.54, 1.807) is 6.07 Å². The van der Waals surface area contributed by atoms with Gasteiger partial charge in [0.2, 0.25) is 0 Å². The molecule has 0 amide bonds. The summed E-state index contributed by atoms with van der Waals surface area (Å²) in [6.45, 7) is 2.66. The number of aromatic nitrogens is 2. The molecule has 0 spiro atoms. The lowest BCUT2D eigenvalue weighted by molar-refractivity contribution is 0.0690. The van der Waals surface area contributed by atoms with Crippen LogP contribution in [0, 0.1) is 5.82 Å². The molecule has 0 unspecified atom stereocenters. The van der Waals surface area contributed by atoms with E-state index in [2.05, 4.69) is 4.98 Å². The predicted octanol–water partition coefficient (Wildman–Crippen LogP) is 3.07. The molecule has 5 nitrogen and oxygen atoms in total. The van der Waals surface area contributed by atoms with Crippen LogP contribution in [0.3, 0.4) is 0 Å². The van der Waals surface area contributed by atoms with E-state index >= 15 is 0 Å². The summed E-state index contributed by atoms with van der Waals surface area (Å²) in [6.07, 6.45) is 0. The Balaban J connectivity index is 1.72. The van der Waals surface area contributed by atoms with Crippen LogP contribution in [0.4, 0.5) is 4.39 Å². The molecule has 0 aliphatic carbocycles. The zero-order valence-electron chi connectivity index (χ0n) is 14.6. The molecule has 2 aromatic carbocycles. The Morgan fingerprint density at radius 1 is 1.15 bits per heavy atom. The molecule has 2 heterocycles. The second kappa shape index (κ2) is 7.54. The van der Waals surface area contributed by atoms with Crippen LogP contribution in [-0.2, 0) is 11.3 Å². The van der Waals surface area contributed by atoms with Crippen molar-refractivity contribution in [1.82, 2.24) is 14.5 Å². The Morgan fingerprint density at radius 3 is 2.70 bits per heavy atom. The van der Waals surface area contributed by atoms with E-state index in [-0.39, 0.29) is 12.3 Å². The summed E-state index contributed by atoms with van der Waals surface area (Å²) in [6, 6.07) is 13.3. The largest absolute Gasteiger partial charge is 0.378 e. The molecule has 0 N–H and O–H groups in total. The van der Waals surface area contributed by atoms with Crippen LogP contribution in [0.25, 0.3) is 11.0 Å². The minimum Gasteiger partial charge on any atom is -0.378 e. The van der Waals surface area contributed by atoms with Gasteiger partial charge >= 0.3 is 0 Å². The van der Waals surface area contributed by atoms with Crippen molar-refractivity contribution in [2.75, 3.05) is 26.3 Å². The maximum atomic E-state index is 13.5. The number of ether oxygens (including phenoxy) is 1. The molecule has 0 atom stereocenters. The van der Waals surface area contributed by atoms with Crippen molar-refractivity contribution < 1.29 is 13.9 Å². The number of carbonyl (C=O) groups is 1. The maximum absolute atomic E-state index is 13.5. The van der Waals surface area contributed by atoms with Gasteiger partial charge in [-0.25, -0.2) is 9.37 Å². The average molecular weight is 383 g/mol. The Hall–Kier alpha value is -2.64. The molecule has 0 bridgehead atoms. The zero-order chi connectivity index (χ0) is 18.8. The van der Waals surface area contributed by atoms with Gasteiger partial charge in [0.1, 0.15) is 10.8 Å². The summed E-state index contributed by atoms with van der Waals surface area (Å²) in [4.78, 5) is 20.1. The van der Waals surface area contributed by atoms with Crippen LogP contribution in [-0.4, -0.2) is 51.5 Å². The molecule has 1 fully saturated rings. The van der Waals surface area contributed by atoms with Crippen LogP contribution in [0.5, 0.6) is 0 Å².